The fourth-order valence-electron chi connectivity index (χ4n) is 4.05. The Morgan fingerprint density at radius 2 is 1.90 bits per heavy atom. The lowest BCUT2D eigenvalue weighted by Crippen LogP contribution is -2.26. The molecule has 21 heavy (non-hydrogen) atoms. The van der Waals surface area contributed by atoms with Gasteiger partial charge in [-0.15, -0.1) is 0 Å². The number of rotatable bonds is 6. The average Bonchev–Trinajstić information content (AvgIpc) is 2.87. The molecule has 1 heteroatoms. The van der Waals surface area contributed by atoms with Crippen molar-refractivity contribution in [1.29, 1.82) is 0 Å². The summed E-state index contributed by atoms with van der Waals surface area (Å²) in [5.74, 6) is 1.39. The minimum absolute atomic E-state index is 0.529. The van der Waals surface area contributed by atoms with Crippen LogP contribution in [0.1, 0.15) is 69.3 Å². The van der Waals surface area contributed by atoms with Gasteiger partial charge in [0.05, 0.1) is 6.10 Å². The molecule has 3 unspecified atom stereocenters. The van der Waals surface area contributed by atoms with Gasteiger partial charge in [0, 0.05) is 0 Å². The Morgan fingerprint density at radius 3 is 2.71 bits per heavy atom. The second-order valence-electron chi connectivity index (χ2n) is 6.70. The van der Waals surface area contributed by atoms with Crippen LogP contribution < -0.4 is 0 Å². The average molecular weight is 284 g/mol. The van der Waals surface area contributed by atoms with Crippen molar-refractivity contribution in [2.75, 3.05) is 0 Å². The van der Waals surface area contributed by atoms with Gasteiger partial charge in [-0.05, 0) is 62.3 Å². The van der Waals surface area contributed by atoms with E-state index >= 15 is 0 Å². The van der Waals surface area contributed by atoms with Gasteiger partial charge in [-0.2, -0.15) is 0 Å². The topological polar surface area (TPSA) is 9.23 Å². The first-order chi connectivity index (χ1) is 10.4. The lowest BCUT2D eigenvalue weighted by molar-refractivity contribution is -0.00280. The molecule has 3 atom stereocenters. The normalized spacial score (nSPS) is 27.5. The van der Waals surface area contributed by atoms with Crippen molar-refractivity contribution in [2.24, 2.45) is 5.92 Å². The molecule has 2 saturated heterocycles. The lowest BCUT2D eigenvalue weighted by Gasteiger charge is -2.33. The van der Waals surface area contributed by atoms with Crippen molar-refractivity contribution in [2.45, 2.75) is 69.8 Å². The summed E-state index contributed by atoms with van der Waals surface area (Å²) in [5.41, 5.74) is 1.47. The molecule has 1 saturated carbocycles. The highest BCUT2D eigenvalue weighted by molar-refractivity contribution is 5.19. The van der Waals surface area contributed by atoms with Crippen molar-refractivity contribution in [3.8, 4) is 0 Å². The molecule has 3 aliphatic rings. The first-order valence-corrected chi connectivity index (χ1v) is 8.73. The SMILES string of the molecule is [CH2]CCC(CC[C]1OC2CCCC1CC2)c1ccccc1. The van der Waals surface area contributed by atoms with E-state index in [2.05, 4.69) is 37.3 Å². The molecule has 1 aromatic rings. The number of benzene rings is 1. The Kier molecular flexibility index (Phi) is 5.35. The molecular weight excluding hydrogens is 256 g/mol. The van der Waals surface area contributed by atoms with E-state index < -0.39 is 0 Å². The highest BCUT2D eigenvalue weighted by Crippen LogP contribution is 2.43. The van der Waals surface area contributed by atoms with E-state index in [0.717, 1.165) is 18.8 Å². The second kappa shape index (κ2) is 7.45. The quantitative estimate of drug-likeness (QED) is 0.653. The summed E-state index contributed by atoms with van der Waals surface area (Å²) in [4.78, 5) is 0. The molecular formula is C20H28O. The van der Waals surface area contributed by atoms with Gasteiger partial charge < -0.3 is 4.74 Å². The third-order valence-electron chi connectivity index (χ3n) is 5.25. The molecule has 3 fully saturated rings. The van der Waals surface area contributed by atoms with Gasteiger partial charge in [0.25, 0.3) is 0 Å². The number of ether oxygens (including phenoxy) is 1. The van der Waals surface area contributed by atoms with Crippen molar-refractivity contribution < 1.29 is 4.74 Å². The molecule has 2 heterocycles. The van der Waals surface area contributed by atoms with E-state index in [1.54, 1.807) is 0 Å². The maximum Gasteiger partial charge on any atom is 0.101 e. The van der Waals surface area contributed by atoms with E-state index in [0.29, 0.717) is 12.0 Å². The first-order valence-electron chi connectivity index (χ1n) is 8.73. The molecule has 2 bridgehead atoms. The minimum Gasteiger partial charge on any atom is -0.368 e. The number of hydrogen-bond donors (Lipinski definition) is 0. The summed E-state index contributed by atoms with van der Waals surface area (Å²) < 4.78 is 6.28. The predicted octanol–water partition coefficient (Wildman–Crippen LogP) is 5.68. The Hall–Kier alpha value is -0.820. The summed E-state index contributed by atoms with van der Waals surface area (Å²) in [7, 11) is 0. The van der Waals surface area contributed by atoms with Crippen LogP contribution in [0.2, 0.25) is 0 Å². The van der Waals surface area contributed by atoms with E-state index in [1.807, 2.05) is 0 Å². The number of fused-ring (bicyclic) bond motifs is 4. The van der Waals surface area contributed by atoms with E-state index in [1.165, 1.54) is 56.6 Å². The summed E-state index contributed by atoms with van der Waals surface area (Å²) in [6.07, 6.45) is 13.2. The van der Waals surface area contributed by atoms with Crippen LogP contribution in [-0.2, 0) is 4.74 Å². The molecule has 0 N–H and O–H groups in total. The molecule has 2 radical (unpaired) electrons. The highest BCUT2D eigenvalue weighted by atomic mass is 16.5. The third-order valence-corrected chi connectivity index (χ3v) is 5.25. The van der Waals surface area contributed by atoms with Crippen LogP contribution in [0.5, 0.6) is 0 Å². The maximum absolute atomic E-state index is 6.28. The van der Waals surface area contributed by atoms with Crippen LogP contribution in [0, 0.1) is 18.9 Å². The lowest BCUT2D eigenvalue weighted by atomic mass is 9.84. The van der Waals surface area contributed by atoms with Crippen LogP contribution in [0.25, 0.3) is 0 Å². The number of hydrogen-bond acceptors (Lipinski definition) is 1. The molecule has 1 nitrogen and oxygen atoms in total. The van der Waals surface area contributed by atoms with Gasteiger partial charge >= 0.3 is 0 Å². The Bertz CT molecular complexity index is 409. The second-order valence-corrected chi connectivity index (χ2v) is 6.70. The van der Waals surface area contributed by atoms with Crippen LogP contribution in [0.4, 0.5) is 0 Å². The zero-order valence-corrected chi connectivity index (χ0v) is 13.1. The van der Waals surface area contributed by atoms with E-state index in [-0.39, 0.29) is 0 Å². The molecule has 1 aromatic carbocycles. The first kappa shape index (κ1) is 15.1. The van der Waals surface area contributed by atoms with Crippen LogP contribution in [0.3, 0.4) is 0 Å². The zero-order valence-electron chi connectivity index (χ0n) is 13.1. The summed E-state index contributed by atoms with van der Waals surface area (Å²) in [5, 5.41) is 0. The molecule has 1 aliphatic carbocycles. The van der Waals surface area contributed by atoms with Gasteiger partial charge in [-0.3, -0.25) is 0 Å². The summed E-state index contributed by atoms with van der Waals surface area (Å²) >= 11 is 0. The van der Waals surface area contributed by atoms with Crippen molar-refractivity contribution >= 4 is 0 Å². The fraction of sp³-hybridized carbons (Fsp3) is 0.600. The van der Waals surface area contributed by atoms with Gasteiger partial charge in [0.2, 0.25) is 0 Å². The maximum atomic E-state index is 6.28. The summed E-state index contributed by atoms with van der Waals surface area (Å²) in [6.45, 7) is 4.06. The highest BCUT2D eigenvalue weighted by Gasteiger charge is 2.34. The van der Waals surface area contributed by atoms with Gasteiger partial charge in [0.15, 0.2) is 0 Å². The molecule has 114 valence electrons. The smallest absolute Gasteiger partial charge is 0.101 e. The van der Waals surface area contributed by atoms with Gasteiger partial charge in [0.1, 0.15) is 6.10 Å². The molecule has 2 aliphatic heterocycles. The van der Waals surface area contributed by atoms with E-state index in [9.17, 15) is 0 Å². The molecule has 0 aromatic heterocycles. The monoisotopic (exact) mass is 284 g/mol. The molecule has 0 amide bonds. The van der Waals surface area contributed by atoms with Crippen molar-refractivity contribution in [3.63, 3.8) is 0 Å². The van der Waals surface area contributed by atoms with Gasteiger partial charge in [-0.25, -0.2) is 0 Å². The van der Waals surface area contributed by atoms with Crippen molar-refractivity contribution in [3.05, 3.63) is 48.9 Å². The fourth-order valence-corrected chi connectivity index (χ4v) is 4.05. The Morgan fingerprint density at radius 1 is 1.05 bits per heavy atom. The minimum atomic E-state index is 0.529. The van der Waals surface area contributed by atoms with Crippen LogP contribution in [-0.4, -0.2) is 6.10 Å². The third kappa shape index (κ3) is 3.88. The standard InChI is InChI=1S/C20H28O/c1-2-7-16(17-8-4-3-5-9-17)13-15-20-18-10-6-11-19(21-20)14-12-18/h3-5,8-9,16,18-19H,1-2,6-7,10-15H2. The van der Waals surface area contributed by atoms with Crippen molar-refractivity contribution in [1.82, 2.24) is 0 Å². The van der Waals surface area contributed by atoms with Gasteiger partial charge in [-0.1, -0.05) is 50.1 Å². The Labute approximate surface area is 130 Å². The molecule has 4 rings (SSSR count). The predicted molar refractivity (Wildman–Crippen MR) is 87.7 cm³/mol. The van der Waals surface area contributed by atoms with Crippen LogP contribution in [0.15, 0.2) is 30.3 Å². The molecule has 0 spiro atoms. The Balaban J connectivity index is 1.59. The van der Waals surface area contributed by atoms with Crippen LogP contribution >= 0.6 is 0 Å². The largest absolute Gasteiger partial charge is 0.368 e. The summed E-state index contributed by atoms with van der Waals surface area (Å²) in [6, 6.07) is 11.0. The zero-order chi connectivity index (χ0) is 14.5. The van der Waals surface area contributed by atoms with E-state index in [4.69, 9.17) is 4.74 Å².